The van der Waals surface area contributed by atoms with Crippen molar-refractivity contribution in [2.45, 2.75) is 19.1 Å². The largest absolute Gasteiger partial charge is 0.491 e. The minimum absolute atomic E-state index is 0.0204. The summed E-state index contributed by atoms with van der Waals surface area (Å²) in [5.74, 6) is 0.492. The van der Waals surface area contributed by atoms with E-state index in [0.29, 0.717) is 12.4 Å². The summed E-state index contributed by atoms with van der Waals surface area (Å²) in [6.45, 7) is 3.96. The zero-order valence-electron chi connectivity index (χ0n) is 10.2. The maximum Gasteiger partial charge on any atom is 0.273 e. The number of nitro benzene ring substituents is 1. The van der Waals surface area contributed by atoms with Crippen molar-refractivity contribution in [3.05, 3.63) is 34.4 Å². The normalized spacial score (nSPS) is 23.6. The second-order valence-electron chi connectivity index (χ2n) is 4.29. The molecule has 0 bridgehead atoms. The standard InChI is InChI=1S/C12H16N2O4/c1-9-6-13-7-12(18-9)8-17-11-4-2-3-10(5-11)14(15)16/h2-5,9,12-13H,6-8H2,1H3. The van der Waals surface area contributed by atoms with Gasteiger partial charge in [-0.1, -0.05) is 6.07 Å². The zero-order valence-corrected chi connectivity index (χ0v) is 10.2. The van der Waals surface area contributed by atoms with Crippen LogP contribution in [0.2, 0.25) is 0 Å². The molecule has 0 radical (unpaired) electrons. The first-order valence-corrected chi connectivity index (χ1v) is 5.88. The number of nitro groups is 1. The van der Waals surface area contributed by atoms with E-state index in [-0.39, 0.29) is 17.9 Å². The van der Waals surface area contributed by atoms with Crippen molar-refractivity contribution in [2.24, 2.45) is 0 Å². The number of nitrogens with one attached hydrogen (secondary N) is 1. The summed E-state index contributed by atoms with van der Waals surface area (Å²) in [5, 5.41) is 13.9. The van der Waals surface area contributed by atoms with Gasteiger partial charge in [-0.3, -0.25) is 10.1 Å². The zero-order chi connectivity index (χ0) is 13.0. The average Bonchev–Trinajstić information content (AvgIpc) is 2.37. The lowest BCUT2D eigenvalue weighted by molar-refractivity contribution is -0.384. The molecule has 0 aromatic heterocycles. The second-order valence-corrected chi connectivity index (χ2v) is 4.29. The number of nitrogens with zero attached hydrogens (tertiary/aromatic N) is 1. The Morgan fingerprint density at radius 1 is 1.56 bits per heavy atom. The number of ether oxygens (including phenoxy) is 2. The van der Waals surface area contributed by atoms with Gasteiger partial charge in [-0.05, 0) is 13.0 Å². The number of hydrogen-bond acceptors (Lipinski definition) is 5. The van der Waals surface area contributed by atoms with Gasteiger partial charge in [0.15, 0.2) is 0 Å². The second kappa shape index (κ2) is 5.79. The molecule has 1 saturated heterocycles. The van der Waals surface area contributed by atoms with Gasteiger partial charge in [0, 0.05) is 19.2 Å². The topological polar surface area (TPSA) is 73.6 Å². The van der Waals surface area contributed by atoms with E-state index in [1.54, 1.807) is 12.1 Å². The lowest BCUT2D eigenvalue weighted by Gasteiger charge is -2.28. The van der Waals surface area contributed by atoms with E-state index in [1.165, 1.54) is 12.1 Å². The molecule has 1 aromatic carbocycles. The molecular weight excluding hydrogens is 236 g/mol. The van der Waals surface area contributed by atoms with Gasteiger partial charge in [-0.25, -0.2) is 0 Å². The lowest BCUT2D eigenvalue weighted by Crippen LogP contribution is -2.45. The first-order chi connectivity index (χ1) is 8.65. The summed E-state index contributed by atoms with van der Waals surface area (Å²) < 4.78 is 11.2. The van der Waals surface area contributed by atoms with Crippen LogP contribution >= 0.6 is 0 Å². The Morgan fingerprint density at radius 2 is 2.39 bits per heavy atom. The van der Waals surface area contributed by atoms with Crippen molar-refractivity contribution in [1.29, 1.82) is 0 Å². The van der Waals surface area contributed by atoms with Gasteiger partial charge < -0.3 is 14.8 Å². The van der Waals surface area contributed by atoms with Crippen molar-refractivity contribution in [3.63, 3.8) is 0 Å². The van der Waals surface area contributed by atoms with Gasteiger partial charge >= 0.3 is 0 Å². The van der Waals surface area contributed by atoms with Gasteiger partial charge in [-0.2, -0.15) is 0 Å². The van der Waals surface area contributed by atoms with Crippen molar-refractivity contribution >= 4 is 5.69 Å². The SMILES string of the molecule is CC1CNCC(COc2cccc([N+](=O)[O-])c2)O1. The maximum atomic E-state index is 10.6. The van der Waals surface area contributed by atoms with Gasteiger partial charge in [0.2, 0.25) is 0 Å². The van der Waals surface area contributed by atoms with E-state index >= 15 is 0 Å². The van der Waals surface area contributed by atoms with Crippen LogP contribution in [0.3, 0.4) is 0 Å². The monoisotopic (exact) mass is 252 g/mol. The van der Waals surface area contributed by atoms with Crippen LogP contribution in [0, 0.1) is 10.1 Å². The van der Waals surface area contributed by atoms with E-state index in [2.05, 4.69) is 5.32 Å². The predicted octanol–water partition coefficient (Wildman–Crippen LogP) is 1.35. The highest BCUT2D eigenvalue weighted by Crippen LogP contribution is 2.19. The number of hydrogen-bond donors (Lipinski definition) is 1. The molecule has 1 aromatic rings. The van der Waals surface area contributed by atoms with Crippen molar-refractivity contribution in [3.8, 4) is 5.75 Å². The van der Waals surface area contributed by atoms with Crippen LogP contribution in [0.25, 0.3) is 0 Å². The molecule has 0 aliphatic carbocycles. The molecule has 1 N–H and O–H groups in total. The fourth-order valence-electron chi connectivity index (χ4n) is 1.85. The molecule has 6 heteroatoms. The van der Waals surface area contributed by atoms with Gasteiger partial charge in [-0.15, -0.1) is 0 Å². The highest BCUT2D eigenvalue weighted by Gasteiger charge is 2.19. The molecule has 18 heavy (non-hydrogen) atoms. The molecule has 1 heterocycles. The first-order valence-electron chi connectivity index (χ1n) is 5.88. The third kappa shape index (κ3) is 3.41. The molecule has 2 rings (SSSR count). The molecule has 0 spiro atoms. The first kappa shape index (κ1) is 12.8. The quantitative estimate of drug-likeness (QED) is 0.646. The highest BCUT2D eigenvalue weighted by atomic mass is 16.6. The van der Waals surface area contributed by atoms with Crippen LogP contribution in [-0.2, 0) is 4.74 Å². The lowest BCUT2D eigenvalue weighted by atomic mass is 10.2. The minimum atomic E-state index is -0.437. The maximum absolute atomic E-state index is 10.6. The Morgan fingerprint density at radius 3 is 3.11 bits per heavy atom. The van der Waals surface area contributed by atoms with Crippen LogP contribution in [0.15, 0.2) is 24.3 Å². The van der Waals surface area contributed by atoms with Crippen LogP contribution < -0.4 is 10.1 Å². The summed E-state index contributed by atoms with van der Waals surface area (Å²) in [7, 11) is 0. The fraction of sp³-hybridized carbons (Fsp3) is 0.500. The molecule has 1 aliphatic heterocycles. The van der Waals surface area contributed by atoms with Crippen molar-refractivity contribution in [1.82, 2.24) is 5.32 Å². The van der Waals surface area contributed by atoms with E-state index in [0.717, 1.165) is 13.1 Å². The van der Waals surface area contributed by atoms with E-state index < -0.39 is 4.92 Å². The smallest absolute Gasteiger partial charge is 0.273 e. The van der Waals surface area contributed by atoms with E-state index in [4.69, 9.17) is 9.47 Å². The Balaban J connectivity index is 1.89. The fourth-order valence-corrected chi connectivity index (χ4v) is 1.85. The Kier molecular flexibility index (Phi) is 4.11. The van der Waals surface area contributed by atoms with Crippen molar-refractivity contribution in [2.75, 3.05) is 19.7 Å². The number of non-ortho nitro benzene ring substituents is 1. The third-order valence-electron chi connectivity index (χ3n) is 2.69. The predicted molar refractivity (Wildman–Crippen MR) is 65.8 cm³/mol. The molecule has 0 saturated carbocycles. The van der Waals surface area contributed by atoms with Crippen LogP contribution in [0.1, 0.15) is 6.92 Å². The average molecular weight is 252 g/mol. The van der Waals surface area contributed by atoms with Gasteiger partial charge in [0.25, 0.3) is 5.69 Å². The van der Waals surface area contributed by atoms with E-state index in [9.17, 15) is 10.1 Å². The molecule has 2 unspecified atom stereocenters. The summed E-state index contributed by atoms with van der Waals surface area (Å²) in [5.41, 5.74) is 0.0311. The van der Waals surface area contributed by atoms with Crippen LogP contribution in [-0.4, -0.2) is 36.8 Å². The number of benzene rings is 1. The number of morpholine rings is 1. The van der Waals surface area contributed by atoms with E-state index in [1.807, 2.05) is 6.92 Å². The van der Waals surface area contributed by atoms with Gasteiger partial charge in [0.05, 0.1) is 17.1 Å². The highest BCUT2D eigenvalue weighted by molar-refractivity contribution is 5.37. The summed E-state index contributed by atoms with van der Waals surface area (Å²) in [6, 6.07) is 6.16. The molecule has 98 valence electrons. The Labute approximate surface area is 105 Å². The van der Waals surface area contributed by atoms with Gasteiger partial charge in [0.1, 0.15) is 18.5 Å². The third-order valence-corrected chi connectivity index (χ3v) is 2.69. The number of rotatable bonds is 4. The molecule has 0 amide bonds. The Bertz CT molecular complexity index is 424. The summed E-state index contributed by atoms with van der Waals surface area (Å²) in [6.07, 6.45) is 0.144. The molecular formula is C12H16N2O4. The summed E-state index contributed by atoms with van der Waals surface area (Å²) >= 11 is 0. The molecule has 1 fully saturated rings. The minimum Gasteiger partial charge on any atom is -0.491 e. The summed E-state index contributed by atoms with van der Waals surface area (Å²) in [4.78, 5) is 10.2. The molecule has 1 aliphatic rings. The molecule has 2 atom stereocenters. The molecule has 6 nitrogen and oxygen atoms in total. The Hall–Kier alpha value is -1.66. The van der Waals surface area contributed by atoms with Crippen molar-refractivity contribution < 1.29 is 14.4 Å². The van der Waals surface area contributed by atoms with Crippen LogP contribution in [0.4, 0.5) is 5.69 Å². The van der Waals surface area contributed by atoms with Crippen LogP contribution in [0.5, 0.6) is 5.75 Å².